The highest BCUT2D eigenvalue weighted by molar-refractivity contribution is 6.74. The van der Waals surface area contributed by atoms with Gasteiger partial charge in [-0.05, 0) is 23.7 Å². The number of ether oxygens (including phenoxy) is 2. The van der Waals surface area contributed by atoms with Crippen molar-refractivity contribution in [2.45, 2.75) is 57.7 Å². The molecule has 0 aliphatic carbocycles. The SMILES string of the molecule is COC1C/C(=C(/NC=O)C(=O)O)[C@@H](CO[Si](C)(C)C(C)(C)C)O1. The third-order valence-corrected chi connectivity index (χ3v) is 8.99. The van der Waals surface area contributed by atoms with Gasteiger partial charge < -0.3 is 24.3 Å². The summed E-state index contributed by atoms with van der Waals surface area (Å²) in [4.78, 5) is 22.0. The molecule has 1 amide bonds. The third kappa shape index (κ3) is 4.87. The van der Waals surface area contributed by atoms with E-state index in [0.717, 1.165) is 0 Å². The summed E-state index contributed by atoms with van der Waals surface area (Å²) in [5, 5.41) is 11.6. The molecular formula is C15H27NO6Si. The maximum absolute atomic E-state index is 11.4. The summed E-state index contributed by atoms with van der Waals surface area (Å²) >= 11 is 0. The molecule has 0 aromatic heterocycles. The fourth-order valence-corrected chi connectivity index (χ4v) is 3.02. The average Bonchev–Trinajstić information content (AvgIpc) is 2.84. The van der Waals surface area contributed by atoms with Gasteiger partial charge in [0.2, 0.25) is 6.41 Å². The van der Waals surface area contributed by atoms with E-state index in [1.54, 1.807) is 0 Å². The highest BCUT2D eigenvalue weighted by atomic mass is 28.4. The van der Waals surface area contributed by atoms with Crippen molar-refractivity contribution in [2.24, 2.45) is 0 Å². The van der Waals surface area contributed by atoms with Crippen LogP contribution in [-0.2, 0) is 23.5 Å². The van der Waals surface area contributed by atoms with Crippen LogP contribution >= 0.6 is 0 Å². The van der Waals surface area contributed by atoms with Crippen molar-refractivity contribution in [1.29, 1.82) is 0 Å². The standard InChI is InChI=1S/C15H27NO6Si/c1-15(2,3)23(5,6)21-8-11-10(7-12(20-4)22-11)13(14(18)19)16-9-17/h9,11-12H,7-8H2,1-6H3,(H,16,17)(H,18,19)/b13-10-/t11-,12?/m1/s1. The fraction of sp³-hybridized carbons (Fsp3) is 0.733. The number of rotatable bonds is 7. The quantitative estimate of drug-likeness (QED) is 0.415. The molecule has 8 heteroatoms. The van der Waals surface area contributed by atoms with E-state index in [0.29, 0.717) is 12.0 Å². The van der Waals surface area contributed by atoms with Crippen molar-refractivity contribution >= 4 is 20.7 Å². The van der Waals surface area contributed by atoms with E-state index >= 15 is 0 Å². The summed E-state index contributed by atoms with van der Waals surface area (Å²) in [5.41, 5.74) is 0.318. The number of methoxy groups -OCH3 is 1. The van der Waals surface area contributed by atoms with Crippen LogP contribution in [0.25, 0.3) is 0 Å². The number of amides is 1. The monoisotopic (exact) mass is 345 g/mol. The maximum Gasteiger partial charge on any atom is 0.352 e. The smallest absolute Gasteiger partial charge is 0.352 e. The first kappa shape index (κ1) is 19.8. The van der Waals surface area contributed by atoms with Gasteiger partial charge in [0.25, 0.3) is 0 Å². The summed E-state index contributed by atoms with van der Waals surface area (Å²) in [7, 11) is -0.502. The highest BCUT2D eigenvalue weighted by Crippen LogP contribution is 2.38. The molecule has 0 aromatic rings. The van der Waals surface area contributed by atoms with Gasteiger partial charge in [0.1, 0.15) is 11.8 Å². The minimum Gasteiger partial charge on any atom is -0.477 e. The molecule has 0 radical (unpaired) electrons. The van der Waals surface area contributed by atoms with Gasteiger partial charge in [-0.2, -0.15) is 0 Å². The number of hydrogen-bond donors (Lipinski definition) is 2. The summed E-state index contributed by atoms with van der Waals surface area (Å²) < 4.78 is 17.0. The topological polar surface area (TPSA) is 94.1 Å². The lowest BCUT2D eigenvalue weighted by Crippen LogP contribution is -2.43. The van der Waals surface area contributed by atoms with Crippen LogP contribution in [0.1, 0.15) is 27.2 Å². The Morgan fingerprint density at radius 1 is 1.48 bits per heavy atom. The Morgan fingerprint density at radius 3 is 2.52 bits per heavy atom. The lowest BCUT2D eigenvalue weighted by molar-refractivity contribution is -0.134. The zero-order valence-electron chi connectivity index (χ0n) is 14.6. The molecule has 0 bridgehead atoms. The van der Waals surface area contributed by atoms with Crippen molar-refractivity contribution in [3.8, 4) is 0 Å². The van der Waals surface area contributed by atoms with Crippen LogP contribution in [0.15, 0.2) is 11.3 Å². The third-order valence-electron chi connectivity index (χ3n) is 4.49. The lowest BCUT2D eigenvalue weighted by Gasteiger charge is -2.37. The molecule has 1 saturated heterocycles. The van der Waals surface area contributed by atoms with Crippen LogP contribution in [0.2, 0.25) is 18.1 Å². The molecule has 7 nitrogen and oxygen atoms in total. The van der Waals surface area contributed by atoms with E-state index in [9.17, 15) is 14.7 Å². The van der Waals surface area contributed by atoms with E-state index in [1.807, 2.05) is 0 Å². The molecule has 1 fully saturated rings. The number of carbonyl (C=O) groups is 2. The Balaban J connectivity index is 2.99. The van der Waals surface area contributed by atoms with E-state index < -0.39 is 26.7 Å². The Labute approximate surface area is 138 Å². The molecular weight excluding hydrogens is 318 g/mol. The molecule has 0 spiro atoms. The minimum absolute atomic E-state index is 0.0345. The highest BCUT2D eigenvalue weighted by Gasteiger charge is 2.40. The first-order valence-electron chi connectivity index (χ1n) is 7.52. The first-order valence-corrected chi connectivity index (χ1v) is 10.4. The molecule has 23 heavy (non-hydrogen) atoms. The Hall–Kier alpha value is -1.22. The number of hydrogen-bond acceptors (Lipinski definition) is 5. The van der Waals surface area contributed by atoms with Gasteiger partial charge in [-0.3, -0.25) is 4.79 Å². The molecule has 1 aliphatic heterocycles. The Morgan fingerprint density at radius 2 is 2.09 bits per heavy atom. The molecule has 1 unspecified atom stereocenters. The van der Waals surface area contributed by atoms with Crippen LogP contribution in [0.4, 0.5) is 0 Å². The molecule has 1 rings (SSSR count). The second kappa shape index (κ2) is 7.56. The van der Waals surface area contributed by atoms with Crippen LogP contribution in [0.5, 0.6) is 0 Å². The van der Waals surface area contributed by atoms with Gasteiger partial charge in [-0.15, -0.1) is 0 Å². The first-order chi connectivity index (χ1) is 10.5. The van der Waals surface area contributed by atoms with E-state index in [-0.39, 0.29) is 23.8 Å². The van der Waals surface area contributed by atoms with Gasteiger partial charge in [0.15, 0.2) is 14.6 Å². The van der Waals surface area contributed by atoms with Gasteiger partial charge >= 0.3 is 5.97 Å². The molecule has 1 aliphatic rings. The molecule has 0 saturated carbocycles. The Kier molecular flexibility index (Phi) is 6.52. The largest absolute Gasteiger partial charge is 0.477 e. The fourth-order valence-electron chi connectivity index (χ4n) is 2.02. The van der Waals surface area contributed by atoms with Crippen LogP contribution in [0, 0.1) is 0 Å². The van der Waals surface area contributed by atoms with Crippen molar-refractivity contribution in [1.82, 2.24) is 5.32 Å². The van der Waals surface area contributed by atoms with E-state index in [4.69, 9.17) is 13.9 Å². The van der Waals surface area contributed by atoms with Crippen molar-refractivity contribution < 1.29 is 28.6 Å². The van der Waals surface area contributed by atoms with Crippen molar-refractivity contribution in [2.75, 3.05) is 13.7 Å². The normalized spacial score (nSPS) is 24.4. The summed E-state index contributed by atoms with van der Waals surface area (Å²) in [5.74, 6) is -1.20. The van der Waals surface area contributed by atoms with Gasteiger partial charge in [-0.25, -0.2) is 4.79 Å². The summed E-state index contributed by atoms with van der Waals surface area (Å²) in [6, 6.07) is 0. The molecule has 1 heterocycles. The molecule has 0 aromatic carbocycles. The van der Waals surface area contributed by atoms with Crippen molar-refractivity contribution in [3.63, 3.8) is 0 Å². The second-order valence-electron chi connectivity index (χ2n) is 7.03. The predicted octanol–water partition coefficient (Wildman–Crippen LogP) is 1.85. The summed E-state index contributed by atoms with van der Waals surface area (Å²) in [6.07, 6.45) is -0.458. The van der Waals surface area contributed by atoms with E-state index in [2.05, 4.69) is 39.2 Å². The number of carbonyl (C=O) groups excluding carboxylic acids is 1. The number of carboxylic acid groups (broad SMARTS) is 1. The molecule has 132 valence electrons. The zero-order valence-corrected chi connectivity index (χ0v) is 15.6. The van der Waals surface area contributed by atoms with Crippen LogP contribution < -0.4 is 5.32 Å². The van der Waals surface area contributed by atoms with E-state index in [1.165, 1.54) is 7.11 Å². The number of carboxylic acids is 1. The number of aliphatic carboxylic acids is 1. The predicted molar refractivity (Wildman–Crippen MR) is 87.3 cm³/mol. The van der Waals surface area contributed by atoms with Crippen LogP contribution in [0.3, 0.4) is 0 Å². The van der Waals surface area contributed by atoms with Gasteiger partial charge in [0.05, 0.1) is 6.61 Å². The van der Waals surface area contributed by atoms with Gasteiger partial charge in [-0.1, -0.05) is 20.8 Å². The molecule has 2 N–H and O–H groups in total. The number of nitrogens with one attached hydrogen (secondary N) is 1. The minimum atomic E-state index is -2.00. The van der Waals surface area contributed by atoms with Crippen LogP contribution in [-0.4, -0.2) is 51.9 Å². The summed E-state index contributed by atoms with van der Waals surface area (Å²) in [6.45, 7) is 10.8. The molecule has 2 atom stereocenters. The average molecular weight is 345 g/mol. The maximum atomic E-state index is 11.4. The Bertz CT molecular complexity index is 483. The lowest BCUT2D eigenvalue weighted by atomic mass is 10.1. The van der Waals surface area contributed by atoms with Crippen molar-refractivity contribution in [3.05, 3.63) is 11.3 Å². The zero-order chi connectivity index (χ0) is 17.8. The second-order valence-corrected chi connectivity index (χ2v) is 11.8. The van der Waals surface area contributed by atoms with Gasteiger partial charge in [0, 0.05) is 13.5 Å².